The molecule has 4 unspecified atom stereocenters. The van der Waals surface area contributed by atoms with Crippen molar-refractivity contribution < 1.29 is 33.5 Å². The van der Waals surface area contributed by atoms with Crippen LogP contribution in [0.3, 0.4) is 0 Å². The largest absolute Gasteiger partial charge is 0.508 e. The lowest BCUT2D eigenvalue weighted by molar-refractivity contribution is -0.161. The van der Waals surface area contributed by atoms with E-state index in [0.717, 1.165) is 16.3 Å². The Kier molecular flexibility index (Phi) is 12.6. The van der Waals surface area contributed by atoms with Gasteiger partial charge in [0.2, 0.25) is 29.5 Å². The Morgan fingerprint density at radius 2 is 1.48 bits per heavy atom. The number of nitrogens with one attached hydrogen (secondary N) is 2. The molecule has 0 radical (unpaired) electrons. The molecule has 1 heterocycles. The minimum atomic E-state index is -1.43. The molecule has 54 heavy (non-hydrogen) atoms. The van der Waals surface area contributed by atoms with Gasteiger partial charge in [0.1, 0.15) is 35.2 Å². The predicted molar refractivity (Wildman–Crippen MR) is 202 cm³/mol. The highest BCUT2D eigenvalue weighted by Crippen LogP contribution is 2.29. The van der Waals surface area contributed by atoms with Gasteiger partial charge in [0.15, 0.2) is 0 Å². The van der Waals surface area contributed by atoms with Gasteiger partial charge < -0.3 is 37.0 Å². The summed E-state index contributed by atoms with van der Waals surface area (Å²) in [5.41, 5.74) is 12.5. The first kappa shape index (κ1) is 39.4. The van der Waals surface area contributed by atoms with Gasteiger partial charge in [-0.05, 0) is 78.0 Å². The van der Waals surface area contributed by atoms with E-state index >= 15 is 0 Å². The summed E-state index contributed by atoms with van der Waals surface area (Å²) in [4.78, 5) is 71.2. The van der Waals surface area contributed by atoms with Crippen LogP contribution < -0.4 is 22.1 Å². The lowest BCUT2D eigenvalue weighted by Crippen LogP contribution is -2.69. The highest BCUT2D eigenvalue weighted by molar-refractivity contribution is 5.97. The molecule has 0 spiro atoms. The molecule has 4 aromatic carbocycles. The molecule has 284 valence electrons. The number of piperazine rings is 1. The van der Waals surface area contributed by atoms with E-state index in [4.69, 9.17) is 11.5 Å². The van der Waals surface area contributed by atoms with Crippen LogP contribution in [0.1, 0.15) is 43.4 Å². The third-order valence-electron chi connectivity index (χ3n) is 9.98. The maximum absolute atomic E-state index is 14.6. The Morgan fingerprint density at radius 3 is 2.11 bits per heavy atom. The summed E-state index contributed by atoms with van der Waals surface area (Å²) in [5, 5.41) is 17.2. The molecule has 0 saturated carbocycles. The van der Waals surface area contributed by atoms with E-state index in [2.05, 4.69) is 10.6 Å². The van der Waals surface area contributed by atoms with Gasteiger partial charge in [-0.15, -0.1) is 0 Å². The van der Waals surface area contributed by atoms with Crippen LogP contribution in [0.25, 0.3) is 10.8 Å². The van der Waals surface area contributed by atoms with Crippen molar-refractivity contribution in [3.8, 4) is 5.75 Å². The van der Waals surface area contributed by atoms with Gasteiger partial charge in [0.25, 0.3) is 0 Å². The number of aromatic hydroxyl groups is 1. The number of amides is 5. The number of phenols is 1. The van der Waals surface area contributed by atoms with E-state index in [1.54, 1.807) is 19.1 Å². The molecule has 5 rings (SSSR count). The number of hydrogen-bond donors (Lipinski definition) is 5. The van der Waals surface area contributed by atoms with Gasteiger partial charge in [-0.1, -0.05) is 66.7 Å². The number of nitrogens with two attached hydrogens (primary N) is 2. The molecular formula is C41H47FN6O6. The first-order valence-corrected chi connectivity index (χ1v) is 18.0. The van der Waals surface area contributed by atoms with E-state index < -0.39 is 59.0 Å². The number of halogens is 1. The van der Waals surface area contributed by atoms with Crippen LogP contribution in [-0.4, -0.2) is 87.7 Å². The Balaban J connectivity index is 1.44. The lowest BCUT2D eigenvalue weighted by Gasteiger charge is -2.48. The van der Waals surface area contributed by atoms with E-state index in [1.165, 1.54) is 53.1 Å². The number of fused-ring (bicyclic) bond motifs is 1. The number of nitrogens with zero attached hydrogens (tertiary/aromatic N) is 2. The van der Waals surface area contributed by atoms with Crippen molar-refractivity contribution in [3.05, 3.63) is 114 Å². The van der Waals surface area contributed by atoms with Crippen LogP contribution >= 0.6 is 0 Å². The molecule has 0 bridgehead atoms. The number of primary amides is 1. The number of rotatable bonds is 15. The maximum atomic E-state index is 14.6. The lowest BCUT2D eigenvalue weighted by atomic mass is 9.87. The Bertz CT molecular complexity index is 1990. The minimum absolute atomic E-state index is 0.0106. The zero-order valence-electron chi connectivity index (χ0n) is 30.5. The standard InChI is InChI=1S/C41H47FN6O6/c1-26(49)45-34(23-28-12-17-33(50)18-13-28)37(51)46-35(24-27-10-15-32(42)16-11-27)38(52)47-20-21-48(39(53)36(47)8-5-19-43)41(2,40(44)54)25-29-9-14-30-6-3-4-7-31(30)22-29/h3-4,6-7,9-18,22,34-36,50H,5,8,19-21,23-25,43H2,1-2H3,(H2,44,54)(H,45,49)(H,46,51). The second-order valence-corrected chi connectivity index (χ2v) is 14.0. The molecule has 1 aliphatic heterocycles. The summed E-state index contributed by atoms with van der Waals surface area (Å²) in [7, 11) is 0. The number of phenolic OH excluding ortho intramolecular Hbond substituents is 1. The Labute approximate surface area is 313 Å². The highest BCUT2D eigenvalue weighted by atomic mass is 19.1. The van der Waals surface area contributed by atoms with Crippen LogP contribution in [0.4, 0.5) is 4.39 Å². The van der Waals surface area contributed by atoms with Crippen LogP contribution in [0.5, 0.6) is 5.75 Å². The molecule has 0 aliphatic carbocycles. The van der Waals surface area contributed by atoms with Crippen LogP contribution in [-0.2, 0) is 43.2 Å². The van der Waals surface area contributed by atoms with Gasteiger partial charge in [-0.25, -0.2) is 4.39 Å². The molecule has 1 saturated heterocycles. The normalized spacial score (nSPS) is 16.7. The molecule has 13 heteroatoms. The highest BCUT2D eigenvalue weighted by Gasteiger charge is 2.48. The van der Waals surface area contributed by atoms with Crippen LogP contribution in [0, 0.1) is 5.82 Å². The van der Waals surface area contributed by atoms with E-state index in [9.17, 15) is 33.5 Å². The zero-order valence-corrected chi connectivity index (χ0v) is 30.5. The fraction of sp³-hybridized carbons (Fsp3) is 0.341. The van der Waals surface area contributed by atoms with Gasteiger partial charge in [-0.3, -0.25) is 24.0 Å². The fourth-order valence-electron chi connectivity index (χ4n) is 7.04. The first-order valence-electron chi connectivity index (χ1n) is 18.0. The topological polar surface area (TPSA) is 188 Å². The molecule has 1 fully saturated rings. The van der Waals surface area contributed by atoms with Gasteiger partial charge >= 0.3 is 0 Å². The van der Waals surface area contributed by atoms with Crippen molar-refractivity contribution in [1.82, 2.24) is 20.4 Å². The zero-order chi connectivity index (χ0) is 39.0. The molecule has 5 amide bonds. The molecule has 12 nitrogen and oxygen atoms in total. The smallest absolute Gasteiger partial charge is 0.246 e. The van der Waals surface area contributed by atoms with Crippen molar-refractivity contribution in [3.63, 3.8) is 0 Å². The SMILES string of the molecule is CC(=O)NC(Cc1ccc(O)cc1)C(=O)NC(Cc1ccc(F)cc1)C(=O)N1CCN(C(C)(Cc2ccc3ccccc3c2)C(N)=O)C(=O)C1CCCN. The minimum Gasteiger partial charge on any atom is -0.508 e. The molecular weight excluding hydrogens is 691 g/mol. The van der Waals surface area contributed by atoms with E-state index in [1.807, 2.05) is 42.5 Å². The average Bonchev–Trinajstić information content (AvgIpc) is 3.14. The third kappa shape index (κ3) is 9.39. The molecule has 0 aromatic heterocycles. The Morgan fingerprint density at radius 1 is 0.870 bits per heavy atom. The number of hydrogen-bond acceptors (Lipinski definition) is 7. The maximum Gasteiger partial charge on any atom is 0.246 e. The van der Waals surface area contributed by atoms with Gasteiger partial charge in [0, 0.05) is 39.3 Å². The summed E-state index contributed by atoms with van der Waals surface area (Å²) < 4.78 is 13.9. The number of carbonyl (C=O) groups is 5. The molecule has 7 N–H and O–H groups in total. The molecule has 4 atom stereocenters. The van der Waals surface area contributed by atoms with Gasteiger partial charge in [-0.2, -0.15) is 0 Å². The quantitative estimate of drug-likeness (QED) is 0.124. The van der Waals surface area contributed by atoms with Crippen LogP contribution in [0.15, 0.2) is 91.0 Å². The average molecular weight is 739 g/mol. The van der Waals surface area contributed by atoms with Crippen molar-refractivity contribution in [2.75, 3.05) is 19.6 Å². The molecule has 4 aromatic rings. The monoisotopic (exact) mass is 738 g/mol. The van der Waals surface area contributed by atoms with Gasteiger partial charge in [0.05, 0.1) is 0 Å². The second kappa shape index (κ2) is 17.3. The third-order valence-corrected chi connectivity index (χ3v) is 9.98. The Hall–Kier alpha value is -5.82. The number of carbonyl (C=O) groups excluding carboxylic acids is 5. The summed E-state index contributed by atoms with van der Waals surface area (Å²) >= 11 is 0. The predicted octanol–water partition coefficient (Wildman–Crippen LogP) is 2.72. The van der Waals surface area contributed by atoms with Crippen molar-refractivity contribution in [2.24, 2.45) is 11.5 Å². The van der Waals surface area contributed by atoms with E-state index in [-0.39, 0.29) is 51.1 Å². The van der Waals surface area contributed by atoms with Crippen molar-refractivity contribution in [1.29, 1.82) is 0 Å². The summed E-state index contributed by atoms with van der Waals surface area (Å²) in [6.45, 7) is 3.16. The van der Waals surface area contributed by atoms with Crippen LogP contribution in [0.2, 0.25) is 0 Å². The summed E-state index contributed by atoms with van der Waals surface area (Å²) in [6.07, 6.45) is 0.733. The van der Waals surface area contributed by atoms with E-state index in [0.29, 0.717) is 17.5 Å². The first-order chi connectivity index (χ1) is 25.8. The van der Waals surface area contributed by atoms with Crippen molar-refractivity contribution in [2.45, 2.75) is 69.6 Å². The second-order valence-electron chi connectivity index (χ2n) is 14.0. The number of benzene rings is 4. The summed E-state index contributed by atoms with van der Waals surface area (Å²) in [5.74, 6) is -3.30. The molecule has 1 aliphatic rings. The summed E-state index contributed by atoms with van der Waals surface area (Å²) in [6, 6.07) is 21.9. The fourth-order valence-corrected chi connectivity index (χ4v) is 7.04. The van der Waals surface area contributed by atoms with Crippen molar-refractivity contribution >= 4 is 40.3 Å².